The number of hydrogen-bond donors (Lipinski definition) is 2. The van der Waals surface area contributed by atoms with Crippen LogP contribution in [0.15, 0.2) is 29.3 Å². The van der Waals surface area contributed by atoms with Crippen molar-refractivity contribution in [2.75, 3.05) is 26.2 Å². The van der Waals surface area contributed by atoms with Crippen LogP contribution >= 0.6 is 0 Å². The van der Waals surface area contributed by atoms with Gasteiger partial charge in [-0.3, -0.25) is 9.89 Å². The molecule has 2 unspecified atom stereocenters. The third kappa shape index (κ3) is 5.48. The van der Waals surface area contributed by atoms with E-state index in [-0.39, 0.29) is 5.82 Å². The minimum atomic E-state index is -0.192. The van der Waals surface area contributed by atoms with Gasteiger partial charge in [0.15, 0.2) is 5.96 Å². The lowest BCUT2D eigenvalue weighted by atomic mass is 10.1. The minimum Gasteiger partial charge on any atom is -0.357 e. The van der Waals surface area contributed by atoms with Crippen LogP contribution in [0.2, 0.25) is 0 Å². The van der Waals surface area contributed by atoms with E-state index in [0.29, 0.717) is 24.5 Å². The van der Waals surface area contributed by atoms with E-state index in [9.17, 15) is 4.39 Å². The third-order valence-corrected chi connectivity index (χ3v) is 4.62. The van der Waals surface area contributed by atoms with Gasteiger partial charge in [-0.05, 0) is 50.8 Å². The molecule has 5 heteroatoms. The fourth-order valence-electron chi connectivity index (χ4n) is 3.06. The summed E-state index contributed by atoms with van der Waals surface area (Å²) in [5.41, 5.74) is 1.11. The van der Waals surface area contributed by atoms with E-state index >= 15 is 0 Å². The predicted molar refractivity (Wildman–Crippen MR) is 98.9 cm³/mol. The number of rotatable bonds is 6. The Morgan fingerprint density at radius 1 is 1.29 bits per heavy atom. The summed E-state index contributed by atoms with van der Waals surface area (Å²) in [6, 6.07) is 7.66. The Balaban J connectivity index is 1.89. The Hall–Kier alpha value is -1.62. The average Bonchev–Trinajstić information content (AvgIpc) is 2.91. The molecule has 1 aliphatic heterocycles. The zero-order valence-electron chi connectivity index (χ0n) is 15.3. The molecule has 0 radical (unpaired) electrons. The zero-order chi connectivity index (χ0) is 17.5. The lowest BCUT2D eigenvalue weighted by Gasteiger charge is -2.22. The lowest BCUT2D eigenvalue weighted by molar-refractivity contribution is 0.265. The van der Waals surface area contributed by atoms with Gasteiger partial charge in [-0.25, -0.2) is 4.39 Å². The summed E-state index contributed by atoms with van der Waals surface area (Å²) in [5.74, 6) is 1.29. The highest BCUT2D eigenvalue weighted by Crippen LogP contribution is 2.18. The molecule has 1 aromatic rings. The highest BCUT2D eigenvalue weighted by Gasteiger charge is 2.31. The molecule has 0 aromatic heterocycles. The molecule has 4 nitrogen and oxygen atoms in total. The van der Waals surface area contributed by atoms with Crippen molar-refractivity contribution in [3.8, 4) is 0 Å². The Kier molecular flexibility index (Phi) is 7.03. The summed E-state index contributed by atoms with van der Waals surface area (Å²) in [7, 11) is 0. The van der Waals surface area contributed by atoms with Crippen molar-refractivity contribution in [1.82, 2.24) is 15.5 Å². The van der Waals surface area contributed by atoms with Crippen molar-refractivity contribution in [3.63, 3.8) is 0 Å². The smallest absolute Gasteiger partial charge is 0.191 e. The second-order valence-corrected chi connectivity index (χ2v) is 6.91. The van der Waals surface area contributed by atoms with Gasteiger partial charge < -0.3 is 10.6 Å². The molecular weight excluding hydrogens is 303 g/mol. The summed E-state index contributed by atoms with van der Waals surface area (Å²) < 4.78 is 12.9. The maximum Gasteiger partial charge on any atom is 0.191 e. The Bertz CT molecular complexity index is 527. The molecule has 0 bridgehead atoms. The molecule has 134 valence electrons. The molecule has 0 aliphatic carbocycles. The number of nitrogens with one attached hydrogen (secondary N) is 2. The summed E-state index contributed by atoms with van der Waals surface area (Å²) in [6.07, 6.45) is 0.815. The number of hydrogen-bond acceptors (Lipinski definition) is 2. The van der Waals surface area contributed by atoms with Gasteiger partial charge in [-0.1, -0.05) is 19.1 Å². The molecule has 1 heterocycles. The van der Waals surface area contributed by atoms with E-state index in [0.717, 1.165) is 37.6 Å². The quantitative estimate of drug-likeness (QED) is 0.621. The maximum atomic E-state index is 12.9. The van der Waals surface area contributed by atoms with E-state index < -0.39 is 0 Å². The summed E-state index contributed by atoms with van der Waals surface area (Å²) in [4.78, 5) is 7.19. The van der Waals surface area contributed by atoms with Crippen LogP contribution in [0.25, 0.3) is 0 Å². The monoisotopic (exact) mass is 334 g/mol. The van der Waals surface area contributed by atoms with Crippen LogP contribution < -0.4 is 10.6 Å². The molecule has 2 atom stereocenters. The van der Waals surface area contributed by atoms with Gasteiger partial charge in [0.25, 0.3) is 0 Å². The van der Waals surface area contributed by atoms with E-state index in [1.165, 1.54) is 12.1 Å². The summed E-state index contributed by atoms with van der Waals surface area (Å²) >= 11 is 0. The van der Waals surface area contributed by atoms with Gasteiger partial charge in [-0.2, -0.15) is 0 Å². The molecule has 0 spiro atoms. The second kappa shape index (κ2) is 9.02. The molecule has 1 fully saturated rings. The number of aliphatic imine (C=N–C) groups is 1. The maximum absolute atomic E-state index is 12.9. The van der Waals surface area contributed by atoms with Crippen LogP contribution in [0, 0.1) is 11.7 Å². The summed E-state index contributed by atoms with van der Waals surface area (Å²) in [5, 5.41) is 6.91. The first kappa shape index (κ1) is 18.7. The Labute approximate surface area is 145 Å². The van der Waals surface area contributed by atoms with Crippen LogP contribution in [0.4, 0.5) is 4.39 Å². The molecule has 0 saturated carbocycles. The van der Waals surface area contributed by atoms with Gasteiger partial charge in [0, 0.05) is 38.3 Å². The van der Waals surface area contributed by atoms with Crippen LogP contribution in [-0.2, 0) is 6.42 Å². The van der Waals surface area contributed by atoms with Crippen LogP contribution in [0.3, 0.4) is 0 Å². The normalized spacial score (nSPS) is 22.2. The first-order chi connectivity index (χ1) is 11.5. The minimum absolute atomic E-state index is 0.192. The largest absolute Gasteiger partial charge is 0.357 e. The topological polar surface area (TPSA) is 39.7 Å². The fourth-order valence-corrected chi connectivity index (χ4v) is 3.06. The first-order valence-electron chi connectivity index (χ1n) is 9.03. The molecule has 24 heavy (non-hydrogen) atoms. The Morgan fingerprint density at radius 2 is 2.00 bits per heavy atom. The van der Waals surface area contributed by atoms with Crippen LogP contribution in [0.1, 0.15) is 33.3 Å². The molecule has 2 N–H and O–H groups in total. The van der Waals surface area contributed by atoms with Gasteiger partial charge in [0.05, 0.1) is 0 Å². The van der Waals surface area contributed by atoms with E-state index in [1.54, 1.807) is 0 Å². The van der Waals surface area contributed by atoms with Gasteiger partial charge in [0.1, 0.15) is 5.82 Å². The van der Waals surface area contributed by atoms with Gasteiger partial charge >= 0.3 is 0 Å². The molecular formula is C19H31FN4. The SMILES string of the molecule is CCNC(=NCCc1ccc(F)cc1)NC1CN(C(C)C)CC1C. The molecule has 1 aromatic carbocycles. The van der Waals surface area contributed by atoms with Crippen molar-refractivity contribution in [2.24, 2.45) is 10.9 Å². The number of likely N-dealkylation sites (tertiary alicyclic amines) is 1. The highest BCUT2D eigenvalue weighted by molar-refractivity contribution is 5.80. The van der Waals surface area contributed by atoms with Crippen molar-refractivity contribution in [1.29, 1.82) is 0 Å². The first-order valence-corrected chi connectivity index (χ1v) is 9.03. The molecule has 1 saturated heterocycles. The predicted octanol–water partition coefficient (Wildman–Crippen LogP) is 2.65. The second-order valence-electron chi connectivity index (χ2n) is 6.91. The number of nitrogens with zero attached hydrogens (tertiary/aromatic N) is 2. The van der Waals surface area contributed by atoms with Crippen LogP contribution in [0.5, 0.6) is 0 Å². The molecule has 0 amide bonds. The van der Waals surface area contributed by atoms with E-state index in [2.05, 4.69) is 48.2 Å². The fraction of sp³-hybridized carbons (Fsp3) is 0.632. The van der Waals surface area contributed by atoms with Crippen molar-refractivity contribution in [3.05, 3.63) is 35.6 Å². The third-order valence-electron chi connectivity index (χ3n) is 4.62. The van der Waals surface area contributed by atoms with E-state index in [1.807, 2.05) is 12.1 Å². The molecule has 2 rings (SSSR count). The number of guanidine groups is 1. The van der Waals surface area contributed by atoms with Crippen LogP contribution in [-0.4, -0.2) is 49.1 Å². The molecule has 1 aliphatic rings. The number of benzene rings is 1. The summed E-state index contributed by atoms with van der Waals surface area (Å²) in [6.45, 7) is 12.6. The van der Waals surface area contributed by atoms with Gasteiger partial charge in [-0.15, -0.1) is 0 Å². The Morgan fingerprint density at radius 3 is 2.58 bits per heavy atom. The van der Waals surface area contributed by atoms with Crippen molar-refractivity contribution < 1.29 is 4.39 Å². The van der Waals surface area contributed by atoms with Crippen molar-refractivity contribution in [2.45, 2.75) is 46.2 Å². The average molecular weight is 334 g/mol. The van der Waals surface area contributed by atoms with E-state index in [4.69, 9.17) is 0 Å². The highest BCUT2D eigenvalue weighted by atomic mass is 19.1. The zero-order valence-corrected chi connectivity index (χ0v) is 15.3. The van der Waals surface area contributed by atoms with Crippen molar-refractivity contribution >= 4 is 5.96 Å². The number of halogens is 1. The standard InChI is InChI=1S/C19H31FN4/c1-5-21-19(22-11-10-16-6-8-17(20)9-7-16)23-18-13-24(14(2)3)12-15(18)4/h6-9,14-15,18H,5,10-13H2,1-4H3,(H2,21,22,23). The lowest BCUT2D eigenvalue weighted by Crippen LogP contribution is -2.46. The van der Waals surface area contributed by atoms with Gasteiger partial charge in [0.2, 0.25) is 0 Å².